The first kappa shape index (κ1) is 18.7. The summed E-state index contributed by atoms with van der Waals surface area (Å²) in [6.45, 7) is 2.67. The second kappa shape index (κ2) is 9.06. The molecular formula is C21H30N2O3. The van der Waals surface area contributed by atoms with E-state index in [1.165, 1.54) is 12.0 Å². The summed E-state index contributed by atoms with van der Waals surface area (Å²) in [4.78, 5) is 28.3. The molecule has 1 aromatic carbocycles. The van der Waals surface area contributed by atoms with Crippen molar-refractivity contribution in [2.45, 2.75) is 44.9 Å². The molecule has 1 atom stereocenters. The van der Waals surface area contributed by atoms with Gasteiger partial charge in [-0.1, -0.05) is 12.1 Å². The van der Waals surface area contributed by atoms with Gasteiger partial charge in [-0.3, -0.25) is 9.59 Å². The number of carbonyl (C=O) groups excluding carboxylic acids is 2. The van der Waals surface area contributed by atoms with Crippen LogP contribution in [0.1, 0.15) is 44.1 Å². The number of likely N-dealkylation sites (tertiary alicyclic amines) is 2. The van der Waals surface area contributed by atoms with Crippen molar-refractivity contribution in [1.29, 1.82) is 0 Å². The quantitative estimate of drug-likeness (QED) is 0.786. The van der Waals surface area contributed by atoms with E-state index in [2.05, 4.69) is 12.1 Å². The summed E-state index contributed by atoms with van der Waals surface area (Å²) in [5.41, 5.74) is 1.31. The average molecular weight is 358 g/mol. The highest BCUT2D eigenvalue weighted by Crippen LogP contribution is 2.23. The number of aryl methyl sites for hydroxylation is 1. The van der Waals surface area contributed by atoms with Gasteiger partial charge in [0.15, 0.2) is 0 Å². The number of carbonyl (C=O) groups is 2. The minimum atomic E-state index is 0.120. The van der Waals surface area contributed by atoms with Crippen molar-refractivity contribution in [3.8, 4) is 5.75 Å². The molecule has 5 heteroatoms. The number of hydrogen-bond acceptors (Lipinski definition) is 3. The highest BCUT2D eigenvalue weighted by atomic mass is 16.5. The molecule has 2 saturated heterocycles. The minimum absolute atomic E-state index is 0.120. The molecule has 2 aliphatic rings. The number of benzene rings is 1. The molecule has 0 N–H and O–H groups in total. The van der Waals surface area contributed by atoms with Crippen molar-refractivity contribution in [1.82, 2.24) is 9.80 Å². The first-order valence-electron chi connectivity index (χ1n) is 9.84. The Kier molecular flexibility index (Phi) is 6.53. The monoisotopic (exact) mass is 358 g/mol. The minimum Gasteiger partial charge on any atom is -0.497 e. The van der Waals surface area contributed by atoms with Gasteiger partial charge in [0.2, 0.25) is 11.8 Å². The third kappa shape index (κ3) is 4.99. The maximum atomic E-state index is 12.6. The van der Waals surface area contributed by atoms with Crippen molar-refractivity contribution >= 4 is 11.8 Å². The zero-order chi connectivity index (χ0) is 18.4. The molecule has 2 aliphatic heterocycles. The smallest absolute Gasteiger partial charge is 0.242 e. The van der Waals surface area contributed by atoms with E-state index < -0.39 is 0 Å². The van der Waals surface area contributed by atoms with E-state index in [-0.39, 0.29) is 18.4 Å². The van der Waals surface area contributed by atoms with Crippen molar-refractivity contribution in [3.63, 3.8) is 0 Å². The van der Waals surface area contributed by atoms with E-state index in [1.54, 1.807) is 12.0 Å². The number of nitrogens with zero attached hydrogens (tertiary/aromatic N) is 2. The zero-order valence-corrected chi connectivity index (χ0v) is 15.8. The average Bonchev–Trinajstić information content (AvgIpc) is 2.69. The maximum Gasteiger partial charge on any atom is 0.242 e. The van der Waals surface area contributed by atoms with Gasteiger partial charge < -0.3 is 14.5 Å². The largest absolute Gasteiger partial charge is 0.497 e. The van der Waals surface area contributed by atoms with Crippen molar-refractivity contribution in [2.75, 3.05) is 33.3 Å². The lowest BCUT2D eigenvalue weighted by Gasteiger charge is -2.35. The summed E-state index contributed by atoms with van der Waals surface area (Å²) in [6, 6.07) is 8.24. The molecule has 5 nitrogen and oxygen atoms in total. The zero-order valence-electron chi connectivity index (χ0n) is 15.8. The molecule has 3 rings (SSSR count). The SMILES string of the molecule is COc1ccc(CC[C@@H]2CCCN(C(=O)CN3CCCCC3=O)C2)cc1. The van der Waals surface area contributed by atoms with E-state index in [1.807, 2.05) is 17.0 Å². The second-order valence-corrected chi connectivity index (χ2v) is 7.51. The number of amides is 2. The molecule has 142 valence electrons. The molecule has 1 aromatic rings. The van der Waals surface area contributed by atoms with Crippen molar-refractivity contribution in [2.24, 2.45) is 5.92 Å². The van der Waals surface area contributed by atoms with Crippen molar-refractivity contribution < 1.29 is 14.3 Å². The van der Waals surface area contributed by atoms with Crippen LogP contribution in [0.4, 0.5) is 0 Å². The van der Waals surface area contributed by atoms with Crippen LogP contribution in [0.25, 0.3) is 0 Å². The molecule has 0 aromatic heterocycles. The Morgan fingerprint density at radius 1 is 1.15 bits per heavy atom. The van der Waals surface area contributed by atoms with E-state index in [9.17, 15) is 9.59 Å². The van der Waals surface area contributed by atoms with Crippen LogP contribution in [0.5, 0.6) is 5.75 Å². The van der Waals surface area contributed by atoms with E-state index in [0.29, 0.717) is 12.3 Å². The number of ether oxygens (including phenoxy) is 1. The molecule has 0 bridgehead atoms. The second-order valence-electron chi connectivity index (χ2n) is 7.51. The van der Waals surface area contributed by atoms with Gasteiger partial charge in [0.05, 0.1) is 13.7 Å². The van der Waals surface area contributed by atoms with Crippen LogP contribution in [-0.2, 0) is 16.0 Å². The lowest BCUT2D eigenvalue weighted by molar-refractivity contribution is -0.142. The molecule has 0 spiro atoms. The van der Waals surface area contributed by atoms with Crippen LogP contribution in [-0.4, -0.2) is 54.9 Å². The molecule has 0 saturated carbocycles. The van der Waals surface area contributed by atoms with E-state index in [0.717, 1.165) is 57.5 Å². The standard InChI is InChI=1S/C21H30N2O3/c1-26-19-11-9-17(10-12-19)7-8-18-5-4-14-22(15-18)21(25)16-23-13-3-2-6-20(23)24/h9-12,18H,2-8,13-16H2,1H3/t18-/m0/s1. The molecule has 0 unspecified atom stereocenters. The van der Waals surface area contributed by atoms with Crippen molar-refractivity contribution in [3.05, 3.63) is 29.8 Å². The van der Waals surface area contributed by atoms with Crippen LogP contribution < -0.4 is 4.74 Å². The first-order valence-corrected chi connectivity index (χ1v) is 9.84. The summed E-state index contributed by atoms with van der Waals surface area (Å²) in [6.07, 6.45) is 6.94. The van der Waals surface area contributed by atoms with Gasteiger partial charge in [-0.15, -0.1) is 0 Å². The number of rotatable bonds is 6. The van der Waals surface area contributed by atoms with Crippen LogP contribution >= 0.6 is 0 Å². The summed E-state index contributed by atoms with van der Waals surface area (Å²) in [5.74, 6) is 1.69. The summed E-state index contributed by atoms with van der Waals surface area (Å²) < 4.78 is 5.20. The Morgan fingerprint density at radius 2 is 1.96 bits per heavy atom. The fourth-order valence-electron chi connectivity index (χ4n) is 3.98. The number of methoxy groups -OCH3 is 1. The lowest BCUT2D eigenvalue weighted by atomic mass is 9.91. The Bertz CT molecular complexity index is 614. The van der Waals surface area contributed by atoms with Gasteiger partial charge in [0.1, 0.15) is 5.75 Å². The van der Waals surface area contributed by atoms with Crippen LogP contribution in [0, 0.1) is 5.92 Å². The predicted molar refractivity (Wildman–Crippen MR) is 101 cm³/mol. The summed E-state index contributed by atoms with van der Waals surface area (Å²) in [5, 5.41) is 0. The van der Waals surface area contributed by atoms with Gasteiger partial charge in [0, 0.05) is 26.1 Å². The normalized spacial score (nSPS) is 21.0. The highest BCUT2D eigenvalue weighted by Gasteiger charge is 2.27. The maximum absolute atomic E-state index is 12.6. The first-order chi connectivity index (χ1) is 12.7. The molecule has 2 amide bonds. The molecule has 2 heterocycles. The summed E-state index contributed by atoms with van der Waals surface area (Å²) >= 11 is 0. The molecule has 2 fully saturated rings. The molecule has 26 heavy (non-hydrogen) atoms. The van der Waals surface area contributed by atoms with Gasteiger partial charge in [0.25, 0.3) is 0 Å². The van der Waals surface area contributed by atoms with Crippen LogP contribution in [0.15, 0.2) is 24.3 Å². The molecular weight excluding hydrogens is 328 g/mol. The lowest BCUT2D eigenvalue weighted by Crippen LogP contribution is -2.47. The topological polar surface area (TPSA) is 49.9 Å². The Hall–Kier alpha value is -2.04. The van der Waals surface area contributed by atoms with E-state index >= 15 is 0 Å². The Balaban J connectivity index is 1.46. The van der Waals surface area contributed by atoms with Gasteiger partial charge >= 0.3 is 0 Å². The van der Waals surface area contributed by atoms with Gasteiger partial charge in [-0.05, 0) is 62.1 Å². The molecule has 0 radical (unpaired) electrons. The Labute approximate surface area is 156 Å². The van der Waals surface area contributed by atoms with Gasteiger partial charge in [-0.2, -0.15) is 0 Å². The van der Waals surface area contributed by atoms with Crippen LogP contribution in [0.2, 0.25) is 0 Å². The predicted octanol–water partition coefficient (Wildman–Crippen LogP) is 2.88. The fraction of sp³-hybridized carbons (Fsp3) is 0.619. The fourth-order valence-corrected chi connectivity index (χ4v) is 3.98. The third-order valence-electron chi connectivity index (χ3n) is 5.62. The van der Waals surface area contributed by atoms with E-state index in [4.69, 9.17) is 4.74 Å². The highest BCUT2D eigenvalue weighted by molar-refractivity contribution is 5.85. The number of piperidine rings is 2. The van der Waals surface area contributed by atoms with Gasteiger partial charge in [-0.25, -0.2) is 0 Å². The molecule has 0 aliphatic carbocycles. The van der Waals surface area contributed by atoms with Crippen LogP contribution in [0.3, 0.4) is 0 Å². The summed E-state index contributed by atoms with van der Waals surface area (Å²) in [7, 11) is 1.68. The number of hydrogen-bond donors (Lipinski definition) is 0. The third-order valence-corrected chi connectivity index (χ3v) is 5.62. The Morgan fingerprint density at radius 3 is 2.69 bits per heavy atom.